The molecule has 1 fully saturated rings. The second-order valence-corrected chi connectivity index (χ2v) is 4.35. The molecule has 0 aromatic heterocycles. The molecule has 0 bridgehead atoms. The van der Waals surface area contributed by atoms with Crippen molar-refractivity contribution < 1.29 is 0 Å². The van der Waals surface area contributed by atoms with E-state index in [0.29, 0.717) is 0 Å². The van der Waals surface area contributed by atoms with E-state index >= 15 is 0 Å². The molecule has 70 valence electrons. The third-order valence-electron chi connectivity index (χ3n) is 3.48. The molecule has 0 unspecified atom stereocenters. The van der Waals surface area contributed by atoms with Crippen LogP contribution in [0.25, 0.3) is 0 Å². The number of nitrogens with zero attached hydrogens (tertiary/aromatic N) is 1. The van der Waals surface area contributed by atoms with Gasteiger partial charge in [0.1, 0.15) is 0 Å². The van der Waals surface area contributed by atoms with Crippen molar-refractivity contribution in [1.29, 1.82) is 0 Å². The molecule has 0 radical (unpaired) electrons. The number of hydrogen-bond acceptors (Lipinski definition) is 1. The van der Waals surface area contributed by atoms with Crippen LogP contribution in [-0.2, 0) is 0 Å². The molecule has 1 aromatic rings. The Bertz CT molecular complexity index is 340. The van der Waals surface area contributed by atoms with Gasteiger partial charge < -0.3 is 0 Å². The van der Waals surface area contributed by atoms with Gasteiger partial charge in [-0.1, -0.05) is 0 Å². The van der Waals surface area contributed by atoms with Crippen LogP contribution in [0, 0.1) is 13.8 Å². The van der Waals surface area contributed by atoms with E-state index < -0.39 is 0 Å². The minimum atomic E-state index is 1.24. The Balaban J connectivity index is 2.38. The zero-order chi connectivity index (χ0) is 10.1. The first-order chi connectivity index (χ1) is 6.70. The van der Waals surface area contributed by atoms with E-state index in [2.05, 4.69) is 48.6 Å². The Morgan fingerprint density at radius 1 is 1.14 bits per heavy atom. The molecule has 2 rings (SSSR count). The maximum absolute atomic E-state index is 2.52. The topological polar surface area (TPSA) is 3.24 Å². The van der Waals surface area contributed by atoms with Crippen LogP contribution in [0.15, 0.2) is 12.1 Å². The van der Waals surface area contributed by atoms with Gasteiger partial charge in [0.05, 0.1) is 0 Å². The van der Waals surface area contributed by atoms with Gasteiger partial charge in [0.25, 0.3) is 0 Å². The standard InChI is InChI=1S/C12H16N.Li/c1-10-5-6-12(9-11(10)2)13-7-3-4-8-13;/h5-6H,3-4,7-8H2,1-2H3;. The van der Waals surface area contributed by atoms with Gasteiger partial charge in [-0.25, -0.2) is 0 Å². The molecule has 0 aliphatic carbocycles. The van der Waals surface area contributed by atoms with Crippen molar-refractivity contribution in [1.82, 2.24) is 0 Å². The summed E-state index contributed by atoms with van der Waals surface area (Å²) in [6, 6.07) is 4.53. The molecule has 0 atom stereocenters. The van der Waals surface area contributed by atoms with Gasteiger partial charge in [0.15, 0.2) is 0 Å². The fraction of sp³-hybridized carbons (Fsp3) is 0.500. The van der Waals surface area contributed by atoms with Gasteiger partial charge in [-0.2, -0.15) is 0 Å². The normalized spacial score (nSPS) is 16.4. The first-order valence-electron chi connectivity index (χ1n) is 5.52. The Hall–Kier alpha value is -0.383. The zero-order valence-electron chi connectivity index (χ0n) is 9.43. The van der Waals surface area contributed by atoms with E-state index in [0.717, 1.165) is 0 Å². The molecule has 0 N–H and O–H groups in total. The SMILES string of the molecule is [Li][c]1c(N2CCCC2)ccc(C)c1C. The molecule has 1 heterocycles. The molecule has 0 saturated carbocycles. The van der Waals surface area contributed by atoms with Crippen molar-refractivity contribution in [3.8, 4) is 0 Å². The summed E-state index contributed by atoms with van der Waals surface area (Å²) < 4.78 is 1.46. The molecular weight excluding hydrogens is 165 g/mol. The van der Waals surface area contributed by atoms with E-state index in [1.54, 1.807) is 0 Å². The first kappa shape index (κ1) is 10.1. The molecule has 1 aliphatic rings. The van der Waals surface area contributed by atoms with E-state index in [1.165, 1.54) is 47.0 Å². The van der Waals surface area contributed by atoms with Gasteiger partial charge >= 0.3 is 95.6 Å². The van der Waals surface area contributed by atoms with Gasteiger partial charge in [0.2, 0.25) is 0 Å². The Morgan fingerprint density at radius 2 is 1.79 bits per heavy atom. The molecule has 0 amide bonds. The van der Waals surface area contributed by atoms with Crippen LogP contribution >= 0.6 is 0 Å². The van der Waals surface area contributed by atoms with Crippen LogP contribution in [0.4, 0.5) is 5.69 Å². The number of hydrogen-bond donors (Lipinski definition) is 0. The van der Waals surface area contributed by atoms with Gasteiger partial charge in [-0.15, -0.1) is 0 Å². The summed E-state index contributed by atoms with van der Waals surface area (Å²) in [7, 11) is 0. The second kappa shape index (κ2) is 4.01. The van der Waals surface area contributed by atoms with E-state index in [9.17, 15) is 0 Å². The fourth-order valence-electron chi connectivity index (χ4n) is 2.24. The van der Waals surface area contributed by atoms with Crippen molar-refractivity contribution in [3.63, 3.8) is 0 Å². The molecule has 1 nitrogen and oxygen atoms in total. The van der Waals surface area contributed by atoms with Crippen LogP contribution < -0.4 is 9.14 Å². The van der Waals surface area contributed by atoms with Crippen LogP contribution in [0.5, 0.6) is 0 Å². The van der Waals surface area contributed by atoms with Crippen molar-refractivity contribution in [2.24, 2.45) is 0 Å². The van der Waals surface area contributed by atoms with Crippen LogP contribution in [-0.4, -0.2) is 30.8 Å². The Kier molecular flexibility index (Phi) is 2.90. The summed E-state index contributed by atoms with van der Waals surface area (Å²) in [6.07, 6.45) is 2.71. The Morgan fingerprint density at radius 3 is 2.43 bits per heavy atom. The van der Waals surface area contributed by atoms with E-state index in [-0.39, 0.29) is 0 Å². The zero-order valence-corrected chi connectivity index (χ0v) is 9.43. The second-order valence-electron chi connectivity index (χ2n) is 4.35. The van der Waals surface area contributed by atoms with Crippen molar-refractivity contribution in [2.75, 3.05) is 18.0 Å². The average molecular weight is 181 g/mol. The van der Waals surface area contributed by atoms with Gasteiger partial charge in [-0.3, -0.25) is 0 Å². The molecule has 1 saturated heterocycles. The summed E-state index contributed by atoms with van der Waals surface area (Å²) in [6.45, 7) is 6.90. The summed E-state index contributed by atoms with van der Waals surface area (Å²) in [5.41, 5.74) is 4.31. The van der Waals surface area contributed by atoms with E-state index in [4.69, 9.17) is 0 Å². The average Bonchev–Trinajstić information content (AvgIpc) is 2.67. The van der Waals surface area contributed by atoms with Crippen molar-refractivity contribution >= 4 is 27.6 Å². The molecular formula is C12H16LiN. The van der Waals surface area contributed by atoms with Crippen molar-refractivity contribution in [2.45, 2.75) is 26.7 Å². The quantitative estimate of drug-likeness (QED) is 0.596. The monoisotopic (exact) mass is 181 g/mol. The molecule has 1 aliphatic heterocycles. The number of aryl methyl sites for hydroxylation is 1. The van der Waals surface area contributed by atoms with Crippen LogP contribution in [0.3, 0.4) is 0 Å². The number of benzene rings is 1. The molecule has 0 spiro atoms. The molecule has 14 heavy (non-hydrogen) atoms. The number of rotatable bonds is 1. The first-order valence-corrected chi connectivity index (χ1v) is 5.52. The summed E-state index contributed by atoms with van der Waals surface area (Å²) in [5.74, 6) is 0. The van der Waals surface area contributed by atoms with Gasteiger partial charge in [0, 0.05) is 0 Å². The number of anilines is 1. The molecule has 1 aromatic carbocycles. The maximum atomic E-state index is 2.52. The summed E-state index contributed by atoms with van der Waals surface area (Å²) in [4.78, 5) is 2.52. The fourth-order valence-corrected chi connectivity index (χ4v) is 2.24. The minimum absolute atomic E-state index is 1.24. The Labute approximate surface area is 95.7 Å². The predicted octanol–water partition coefficient (Wildman–Crippen LogP) is 1.70. The van der Waals surface area contributed by atoms with Crippen LogP contribution in [0.1, 0.15) is 24.0 Å². The summed E-state index contributed by atoms with van der Waals surface area (Å²) >= 11 is 2.25. The van der Waals surface area contributed by atoms with Crippen LogP contribution in [0.2, 0.25) is 0 Å². The van der Waals surface area contributed by atoms with Gasteiger partial charge in [-0.05, 0) is 0 Å². The third-order valence-corrected chi connectivity index (χ3v) is 3.48. The predicted molar refractivity (Wildman–Crippen MR) is 62.8 cm³/mol. The summed E-state index contributed by atoms with van der Waals surface area (Å²) in [5, 5.41) is 0. The van der Waals surface area contributed by atoms with E-state index in [1.807, 2.05) is 0 Å². The van der Waals surface area contributed by atoms with Crippen molar-refractivity contribution in [3.05, 3.63) is 23.3 Å². The molecule has 2 heteroatoms. The third kappa shape index (κ3) is 1.72.